The van der Waals surface area contributed by atoms with Crippen molar-refractivity contribution < 1.29 is 32.2 Å². The highest BCUT2D eigenvalue weighted by atomic mass is 32.2. The van der Waals surface area contributed by atoms with E-state index in [0.717, 1.165) is 4.88 Å². The maximum absolute atomic E-state index is 12.4. The normalized spacial score (nSPS) is 13.6. The second kappa shape index (κ2) is 8.72. The van der Waals surface area contributed by atoms with E-state index in [-0.39, 0.29) is 10.7 Å². The molecule has 0 saturated heterocycles. The van der Waals surface area contributed by atoms with Gasteiger partial charge in [0, 0.05) is 17.4 Å². The molecule has 10 heteroatoms. The molecule has 0 amide bonds. The van der Waals surface area contributed by atoms with Gasteiger partial charge in [0.1, 0.15) is 6.54 Å². The quantitative estimate of drug-likeness (QED) is 0.533. The van der Waals surface area contributed by atoms with Gasteiger partial charge >= 0.3 is 5.97 Å². The van der Waals surface area contributed by atoms with Crippen molar-refractivity contribution >= 4 is 33.1 Å². The van der Waals surface area contributed by atoms with Crippen LogP contribution in [-0.2, 0) is 19.6 Å². The molecule has 1 aromatic heterocycles. The summed E-state index contributed by atoms with van der Waals surface area (Å²) in [5, 5.41) is 0. The number of ketones is 1. The molecule has 150 valence electrons. The molecule has 0 radical (unpaired) electrons. The number of carbonyl (C=O) groups excluding carboxylic acids is 2. The number of carbonyl (C=O) groups is 2. The first-order chi connectivity index (χ1) is 13.3. The number of sulfonamides is 1. The van der Waals surface area contributed by atoms with Gasteiger partial charge in [0.25, 0.3) is 0 Å². The van der Waals surface area contributed by atoms with Crippen molar-refractivity contribution in [3.8, 4) is 11.5 Å². The Morgan fingerprint density at radius 3 is 2.61 bits per heavy atom. The van der Waals surface area contributed by atoms with Gasteiger partial charge in [-0.25, -0.2) is 8.42 Å². The molecule has 0 atom stereocenters. The molecule has 3 rings (SSSR count). The summed E-state index contributed by atoms with van der Waals surface area (Å²) in [6.45, 7) is 1.75. The standard InChI is InChI=1S/C18H19NO7S2/c1-12-3-6-17(27-12)14(20)11-26-18(21)10-19-28(22,23)13-4-5-15-16(9-13)25-8-2-7-24-15/h3-6,9,19H,2,7-8,10-11H2,1H3. The van der Waals surface area contributed by atoms with Gasteiger partial charge in [0.15, 0.2) is 18.1 Å². The SMILES string of the molecule is Cc1ccc(C(=O)COC(=O)CNS(=O)(=O)c2ccc3c(c2)OCCCO3)s1. The van der Waals surface area contributed by atoms with Crippen molar-refractivity contribution in [3.05, 3.63) is 40.1 Å². The van der Waals surface area contributed by atoms with Crippen LogP contribution in [0, 0.1) is 6.92 Å². The predicted octanol–water partition coefficient (Wildman–Crippen LogP) is 1.92. The lowest BCUT2D eigenvalue weighted by Crippen LogP contribution is -2.31. The minimum atomic E-state index is -3.96. The molecule has 1 N–H and O–H groups in total. The molecule has 0 bridgehead atoms. The molecule has 0 fully saturated rings. The maximum Gasteiger partial charge on any atom is 0.321 e. The first-order valence-electron chi connectivity index (χ1n) is 8.50. The van der Waals surface area contributed by atoms with Gasteiger partial charge in [-0.15, -0.1) is 11.3 Å². The first kappa shape index (κ1) is 20.3. The zero-order valence-electron chi connectivity index (χ0n) is 15.1. The molecule has 0 aliphatic carbocycles. The third kappa shape index (κ3) is 5.09. The molecule has 1 aliphatic rings. The van der Waals surface area contributed by atoms with E-state index in [9.17, 15) is 18.0 Å². The lowest BCUT2D eigenvalue weighted by molar-refractivity contribution is -0.141. The number of esters is 1. The molecular formula is C18H19NO7S2. The number of nitrogens with one attached hydrogen (secondary N) is 1. The summed E-state index contributed by atoms with van der Waals surface area (Å²) in [4.78, 5) is 25.1. The Kier molecular flexibility index (Phi) is 6.32. The van der Waals surface area contributed by atoms with Gasteiger partial charge in [0.05, 0.1) is 23.0 Å². The molecule has 1 aromatic carbocycles. The number of hydrogen-bond donors (Lipinski definition) is 1. The minimum absolute atomic E-state index is 0.0605. The largest absolute Gasteiger partial charge is 0.490 e. The van der Waals surface area contributed by atoms with E-state index >= 15 is 0 Å². The van der Waals surface area contributed by atoms with Crippen molar-refractivity contribution in [1.82, 2.24) is 4.72 Å². The van der Waals surface area contributed by atoms with Gasteiger partial charge in [-0.1, -0.05) is 0 Å². The number of aryl methyl sites for hydroxylation is 1. The Bertz CT molecular complexity index is 982. The summed E-state index contributed by atoms with van der Waals surface area (Å²) in [6.07, 6.45) is 0.699. The molecule has 8 nitrogen and oxygen atoms in total. The molecule has 1 aliphatic heterocycles. The minimum Gasteiger partial charge on any atom is -0.490 e. The molecule has 0 unspecified atom stereocenters. The number of benzene rings is 1. The summed E-state index contributed by atoms with van der Waals surface area (Å²) in [6, 6.07) is 7.67. The molecule has 2 heterocycles. The number of fused-ring (bicyclic) bond motifs is 1. The fraction of sp³-hybridized carbons (Fsp3) is 0.333. The van der Waals surface area contributed by atoms with E-state index < -0.39 is 29.1 Å². The van der Waals surface area contributed by atoms with Gasteiger partial charge < -0.3 is 14.2 Å². The monoisotopic (exact) mass is 425 g/mol. The maximum atomic E-state index is 12.4. The summed E-state index contributed by atoms with van der Waals surface area (Å²) in [5.41, 5.74) is 0. The lowest BCUT2D eigenvalue weighted by Gasteiger charge is -2.10. The first-order valence-corrected chi connectivity index (χ1v) is 10.8. The molecule has 28 heavy (non-hydrogen) atoms. The zero-order chi connectivity index (χ0) is 20.1. The highest BCUT2D eigenvalue weighted by Gasteiger charge is 2.20. The van der Waals surface area contributed by atoms with Gasteiger partial charge in [-0.2, -0.15) is 4.72 Å². The third-order valence-electron chi connectivity index (χ3n) is 3.82. The highest BCUT2D eigenvalue weighted by molar-refractivity contribution is 7.89. The van der Waals surface area contributed by atoms with Crippen LogP contribution in [0.25, 0.3) is 0 Å². The van der Waals surface area contributed by atoms with Crippen LogP contribution in [0.2, 0.25) is 0 Å². The van der Waals surface area contributed by atoms with Crippen molar-refractivity contribution in [1.29, 1.82) is 0 Å². The van der Waals surface area contributed by atoms with Crippen LogP contribution in [0.15, 0.2) is 35.2 Å². The fourth-order valence-electron chi connectivity index (χ4n) is 2.40. The van der Waals surface area contributed by atoms with Crippen LogP contribution in [0.3, 0.4) is 0 Å². The zero-order valence-corrected chi connectivity index (χ0v) is 16.7. The summed E-state index contributed by atoms with van der Waals surface area (Å²) >= 11 is 1.30. The van der Waals surface area contributed by atoms with E-state index in [1.54, 1.807) is 12.1 Å². The van der Waals surface area contributed by atoms with Crippen molar-refractivity contribution in [2.45, 2.75) is 18.2 Å². The van der Waals surface area contributed by atoms with Crippen LogP contribution in [0.4, 0.5) is 0 Å². The van der Waals surface area contributed by atoms with E-state index in [2.05, 4.69) is 4.72 Å². The van der Waals surface area contributed by atoms with E-state index in [0.29, 0.717) is 36.0 Å². The van der Waals surface area contributed by atoms with Gasteiger partial charge in [-0.05, 0) is 31.2 Å². The number of hydrogen-bond acceptors (Lipinski definition) is 8. The Labute approximate surface area is 166 Å². The van der Waals surface area contributed by atoms with Gasteiger partial charge in [-0.3, -0.25) is 9.59 Å². The van der Waals surface area contributed by atoms with Crippen molar-refractivity contribution in [3.63, 3.8) is 0 Å². The topological polar surface area (TPSA) is 108 Å². The third-order valence-corrected chi connectivity index (χ3v) is 6.26. The van der Waals surface area contributed by atoms with Crippen molar-refractivity contribution in [2.24, 2.45) is 0 Å². The van der Waals surface area contributed by atoms with Crippen LogP contribution < -0.4 is 14.2 Å². The van der Waals surface area contributed by atoms with Crippen LogP contribution >= 0.6 is 11.3 Å². The Morgan fingerprint density at radius 2 is 1.89 bits per heavy atom. The Hall–Kier alpha value is -2.43. The average molecular weight is 425 g/mol. The average Bonchev–Trinajstić information content (AvgIpc) is 2.97. The lowest BCUT2D eigenvalue weighted by atomic mass is 10.3. The van der Waals surface area contributed by atoms with Gasteiger partial charge in [0.2, 0.25) is 15.8 Å². The number of thiophene rings is 1. The Balaban J connectivity index is 1.55. The predicted molar refractivity (Wildman–Crippen MR) is 102 cm³/mol. The molecule has 2 aromatic rings. The van der Waals surface area contributed by atoms with E-state index in [1.165, 1.54) is 29.5 Å². The molecular weight excluding hydrogens is 406 g/mol. The van der Waals surface area contributed by atoms with E-state index in [4.69, 9.17) is 14.2 Å². The fourth-order valence-corrected chi connectivity index (χ4v) is 4.18. The summed E-state index contributed by atoms with van der Waals surface area (Å²) in [7, 11) is -3.96. The summed E-state index contributed by atoms with van der Waals surface area (Å²) in [5.74, 6) is -0.380. The van der Waals surface area contributed by atoms with Crippen LogP contribution in [-0.4, -0.2) is 46.5 Å². The highest BCUT2D eigenvalue weighted by Crippen LogP contribution is 2.31. The van der Waals surface area contributed by atoms with Crippen LogP contribution in [0.1, 0.15) is 21.0 Å². The van der Waals surface area contributed by atoms with Crippen LogP contribution in [0.5, 0.6) is 11.5 Å². The number of rotatable bonds is 7. The number of Topliss-reactive ketones (excluding diaryl/α,β-unsaturated/α-hetero) is 1. The van der Waals surface area contributed by atoms with E-state index in [1.807, 2.05) is 6.92 Å². The second-order valence-corrected chi connectivity index (χ2v) is 9.03. The smallest absolute Gasteiger partial charge is 0.321 e. The Morgan fingerprint density at radius 1 is 1.14 bits per heavy atom. The second-order valence-electron chi connectivity index (χ2n) is 5.98. The summed E-state index contributed by atoms with van der Waals surface area (Å²) < 4.78 is 42.7. The molecule has 0 spiro atoms. The molecule has 0 saturated carbocycles. The van der Waals surface area contributed by atoms with Crippen molar-refractivity contribution in [2.75, 3.05) is 26.4 Å². The number of ether oxygens (including phenoxy) is 3.